The van der Waals surface area contributed by atoms with Gasteiger partial charge < -0.3 is 15.8 Å². The summed E-state index contributed by atoms with van der Waals surface area (Å²) in [5, 5.41) is 2.61. The number of carbonyl (C=O) groups is 3. The predicted octanol–water partition coefficient (Wildman–Crippen LogP) is 1.90. The molecular weight excluding hydrogens is 435 g/mol. The zero-order chi connectivity index (χ0) is 18.4. The third kappa shape index (κ3) is 5.28. The molecule has 0 fully saturated rings. The maximum atomic E-state index is 12.4. The number of halogens is 1. The van der Waals surface area contributed by atoms with Gasteiger partial charge in [0.2, 0.25) is 5.91 Å². The summed E-state index contributed by atoms with van der Waals surface area (Å²) >= 11 is 2.18. The zero-order valence-electron chi connectivity index (χ0n) is 13.5. The van der Waals surface area contributed by atoms with Crippen LogP contribution in [0.3, 0.4) is 0 Å². The molecule has 1 atom stereocenters. The Morgan fingerprint density at radius 2 is 1.76 bits per heavy atom. The van der Waals surface area contributed by atoms with Crippen LogP contribution in [0.2, 0.25) is 0 Å². The Balaban J connectivity index is 2.13. The fourth-order valence-corrected chi connectivity index (χ4v) is 2.59. The van der Waals surface area contributed by atoms with E-state index in [2.05, 4.69) is 32.6 Å². The Bertz CT molecular complexity index is 790. The van der Waals surface area contributed by atoms with E-state index in [-0.39, 0.29) is 17.5 Å². The Labute approximate surface area is 158 Å². The second-order valence-electron chi connectivity index (χ2n) is 5.33. The molecule has 7 heteroatoms. The lowest BCUT2D eigenvalue weighted by molar-refractivity contribution is -0.119. The lowest BCUT2D eigenvalue weighted by Gasteiger charge is -2.16. The van der Waals surface area contributed by atoms with Gasteiger partial charge in [-0.05, 0) is 58.5 Å². The first-order chi connectivity index (χ1) is 11.9. The van der Waals surface area contributed by atoms with Crippen molar-refractivity contribution < 1.29 is 19.1 Å². The highest BCUT2D eigenvalue weighted by atomic mass is 127. The van der Waals surface area contributed by atoms with E-state index in [1.807, 2.05) is 24.3 Å². The SMILES string of the molecule is COC(=O)c1cccc(C(=O)N[C@H](Cc2ccc(I)cc2)C(N)=O)c1. The second-order valence-corrected chi connectivity index (χ2v) is 6.58. The molecule has 0 radical (unpaired) electrons. The predicted molar refractivity (Wildman–Crippen MR) is 101 cm³/mol. The van der Waals surface area contributed by atoms with Gasteiger partial charge in [0.1, 0.15) is 6.04 Å². The Morgan fingerprint density at radius 1 is 1.12 bits per heavy atom. The van der Waals surface area contributed by atoms with Crippen LogP contribution in [0, 0.1) is 3.57 Å². The molecule has 2 rings (SSSR count). The van der Waals surface area contributed by atoms with Crippen LogP contribution < -0.4 is 11.1 Å². The first-order valence-electron chi connectivity index (χ1n) is 7.43. The molecule has 0 aliphatic rings. The van der Waals surface area contributed by atoms with Crippen LogP contribution in [0.4, 0.5) is 0 Å². The number of carbonyl (C=O) groups excluding carboxylic acids is 3. The van der Waals surface area contributed by atoms with Crippen LogP contribution in [0.1, 0.15) is 26.3 Å². The summed E-state index contributed by atoms with van der Waals surface area (Å²) in [5.74, 6) is -1.66. The van der Waals surface area contributed by atoms with Crippen molar-refractivity contribution in [1.29, 1.82) is 0 Å². The molecule has 0 aromatic heterocycles. The smallest absolute Gasteiger partial charge is 0.337 e. The van der Waals surface area contributed by atoms with Gasteiger partial charge in [0, 0.05) is 15.6 Å². The second kappa shape index (κ2) is 8.61. The molecule has 130 valence electrons. The standard InChI is InChI=1S/C18H17IN2O4/c1-25-18(24)13-4-2-3-12(10-13)17(23)21-15(16(20)22)9-11-5-7-14(19)8-6-11/h2-8,10,15H,9H2,1H3,(H2,20,22)(H,21,23)/t15-/m1/s1. The summed E-state index contributed by atoms with van der Waals surface area (Å²) in [6, 6.07) is 12.8. The van der Waals surface area contributed by atoms with Crippen molar-refractivity contribution in [1.82, 2.24) is 5.32 Å². The summed E-state index contributed by atoms with van der Waals surface area (Å²) in [7, 11) is 1.26. The fourth-order valence-electron chi connectivity index (χ4n) is 2.23. The number of ether oxygens (including phenoxy) is 1. The van der Waals surface area contributed by atoms with Gasteiger partial charge in [0.05, 0.1) is 12.7 Å². The minimum absolute atomic E-state index is 0.247. The summed E-state index contributed by atoms with van der Waals surface area (Å²) in [6.07, 6.45) is 0.286. The first-order valence-corrected chi connectivity index (χ1v) is 8.51. The zero-order valence-corrected chi connectivity index (χ0v) is 15.6. The molecule has 3 N–H and O–H groups in total. The molecule has 0 bridgehead atoms. The van der Waals surface area contributed by atoms with Crippen molar-refractivity contribution in [3.8, 4) is 0 Å². The van der Waals surface area contributed by atoms with Crippen molar-refractivity contribution in [3.05, 3.63) is 68.8 Å². The van der Waals surface area contributed by atoms with Crippen molar-refractivity contribution >= 4 is 40.4 Å². The number of hydrogen-bond acceptors (Lipinski definition) is 4. The van der Waals surface area contributed by atoms with Gasteiger partial charge in [0.25, 0.3) is 5.91 Å². The molecule has 0 aliphatic heterocycles. The molecule has 0 spiro atoms. The molecule has 0 saturated heterocycles. The van der Waals surface area contributed by atoms with Gasteiger partial charge in [-0.2, -0.15) is 0 Å². The summed E-state index contributed by atoms with van der Waals surface area (Å²) in [5.41, 5.74) is 6.79. The third-order valence-electron chi connectivity index (χ3n) is 3.55. The van der Waals surface area contributed by atoms with Crippen molar-refractivity contribution in [2.24, 2.45) is 5.73 Å². The van der Waals surface area contributed by atoms with E-state index in [4.69, 9.17) is 5.73 Å². The van der Waals surface area contributed by atoms with Crippen molar-refractivity contribution in [2.75, 3.05) is 7.11 Å². The molecule has 6 nitrogen and oxygen atoms in total. The number of nitrogens with two attached hydrogens (primary N) is 1. The molecule has 0 unspecified atom stereocenters. The van der Waals surface area contributed by atoms with Crippen molar-refractivity contribution in [2.45, 2.75) is 12.5 Å². The van der Waals surface area contributed by atoms with Gasteiger partial charge >= 0.3 is 5.97 Å². The number of benzene rings is 2. The average molecular weight is 452 g/mol. The molecule has 0 saturated carbocycles. The highest BCUT2D eigenvalue weighted by Gasteiger charge is 2.20. The lowest BCUT2D eigenvalue weighted by Crippen LogP contribution is -2.45. The quantitative estimate of drug-likeness (QED) is 0.517. The van der Waals surface area contributed by atoms with Crippen LogP contribution in [-0.4, -0.2) is 30.9 Å². The molecular formula is C18H17IN2O4. The summed E-state index contributed by atoms with van der Waals surface area (Å²) in [6.45, 7) is 0. The van der Waals surface area contributed by atoms with Gasteiger partial charge in [-0.3, -0.25) is 9.59 Å². The van der Waals surface area contributed by atoms with Crippen LogP contribution in [-0.2, 0) is 16.0 Å². The van der Waals surface area contributed by atoms with E-state index < -0.39 is 23.8 Å². The Hall–Kier alpha value is -2.42. The maximum absolute atomic E-state index is 12.4. The minimum Gasteiger partial charge on any atom is -0.465 e. The van der Waals surface area contributed by atoms with E-state index in [0.29, 0.717) is 0 Å². The lowest BCUT2D eigenvalue weighted by atomic mass is 10.0. The molecule has 2 aromatic rings. The van der Waals surface area contributed by atoms with Crippen LogP contribution in [0.25, 0.3) is 0 Å². The number of hydrogen-bond donors (Lipinski definition) is 2. The monoisotopic (exact) mass is 452 g/mol. The van der Waals surface area contributed by atoms with Gasteiger partial charge in [0.15, 0.2) is 0 Å². The third-order valence-corrected chi connectivity index (χ3v) is 4.27. The Kier molecular flexibility index (Phi) is 6.51. The molecule has 2 amide bonds. The normalized spacial score (nSPS) is 11.4. The van der Waals surface area contributed by atoms with E-state index >= 15 is 0 Å². The largest absolute Gasteiger partial charge is 0.465 e. The maximum Gasteiger partial charge on any atom is 0.337 e. The van der Waals surface area contributed by atoms with Crippen LogP contribution >= 0.6 is 22.6 Å². The van der Waals surface area contributed by atoms with Crippen molar-refractivity contribution in [3.63, 3.8) is 0 Å². The number of esters is 1. The highest BCUT2D eigenvalue weighted by molar-refractivity contribution is 14.1. The Morgan fingerprint density at radius 3 is 2.36 bits per heavy atom. The van der Waals surface area contributed by atoms with E-state index in [0.717, 1.165) is 9.13 Å². The number of primary amides is 1. The molecule has 2 aromatic carbocycles. The van der Waals surface area contributed by atoms with E-state index in [1.165, 1.54) is 13.2 Å². The molecule has 0 heterocycles. The summed E-state index contributed by atoms with van der Waals surface area (Å²) < 4.78 is 5.70. The van der Waals surface area contributed by atoms with Crippen LogP contribution in [0.15, 0.2) is 48.5 Å². The summed E-state index contributed by atoms with van der Waals surface area (Å²) in [4.78, 5) is 35.6. The van der Waals surface area contributed by atoms with E-state index in [1.54, 1.807) is 18.2 Å². The minimum atomic E-state index is -0.852. The van der Waals surface area contributed by atoms with E-state index in [9.17, 15) is 14.4 Å². The fraction of sp³-hybridized carbons (Fsp3) is 0.167. The van der Waals surface area contributed by atoms with Gasteiger partial charge in [-0.25, -0.2) is 4.79 Å². The number of amides is 2. The topological polar surface area (TPSA) is 98.5 Å². The number of rotatable bonds is 6. The van der Waals surface area contributed by atoms with Gasteiger partial charge in [-0.1, -0.05) is 18.2 Å². The number of methoxy groups -OCH3 is 1. The highest BCUT2D eigenvalue weighted by Crippen LogP contribution is 2.10. The first kappa shape index (κ1) is 18.9. The van der Waals surface area contributed by atoms with Crippen LogP contribution in [0.5, 0.6) is 0 Å². The number of nitrogens with one attached hydrogen (secondary N) is 1. The molecule has 25 heavy (non-hydrogen) atoms. The van der Waals surface area contributed by atoms with Gasteiger partial charge in [-0.15, -0.1) is 0 Å². The average Bonchev–Trinajstić information content (AvgIpc) is 2.62. The molecule has 0 aliphatic carbocycles.